The molecule has 1 aliphatic rings. The van der Waals surface area contributed by atoms with Crippen molar-refractivity contribution in [2.75, 3.05) is 58.4 Å². The number of nitrogens with one attached hydrogen (secondary N) is 1. The van der Waals surface area contributed by atoms with Gasteiger partial charge in [-0.25, -0.2) is 0 Å². The molecule has 1 fully saturated rings. The molecule has 0 atom stereocenters. The van der Waals surface area contributed by atoms with E-state index < -0.39 is 0 Å². The Balaban J connectivity index is 1.57. The number of anilines is 1. The minimum Gasteiger partial charge on any atom is -0.508 e. The number of ether oxygens (including phenoxy) is 2. The van der Waals surface area contributed by atoms with Crippen molar-refractivity contribution in [3.05, 3.63) is 48.0 Å². The number of aromatic hydroxyl groups is 1. The molecule has 0 unspecified atom stereocenters. The first kappa shape index (κ1) is 21.6. The number of hydrogen-bond acceptors (Lipinski definition) is 5. The Labute approximate surface area is 178 Å². The van der Waals surface area contributed by atoms with E-state index in [9.17, 15) is 5.11 Å². The van der Waals surface area contributed by atoms with Crippen molar-refractivity contribution in [1.82, 2.24) is 10.2 Å². The first-order chi connectivity index (χ1) is 14.6. The van der Waals surface area contributed by atoms with Crippen LogP contribution in [0.2, 0.25) is 0 Å². The number of hydrogen-bond donors (Lipinski definition) is 2. The summed E-state index contributed by atoms with van der Waals surface area (Å²) in [7, 11) is 3.28. The van der Waals surface area contributed by atoms with Crippen LogP contribution < -0.4 is 19.7 Å². The van der Waals surface area contributed by atoms with E-state index in [1.165, 1.54) is 5.69 Å². The molecule has 162 valence electrons. The molecule has 3 rings (SSSR count). The highest BCUT2D eigenvalue weighted by molar-refractivity contribution is 5.80. The fourth-order valence-electron chi connectivity index (χ4n) is 3.56. The average molecular weight is 413 g/mol. The summed E-state index contributed by atoms with van der Waals surface area (Å²) < 4.78 is 10.4. The number of aliphatic imine (C=N–C) groups is 1. The normalized spacial score (nSPS) is 14.6. The number of methoxy groups -OCH3 is 2. The molecule has 0 bridgehead atoms. The predicted octanol–water partition coefficient (Wildman–Crippen LogP) is 2.74. The van der Waals surface area contributed by atoms with Crippen LogP contribution in [0.1, 0.15) is 12.5 Å². The number of rotatable bonds is 7. The van der Waals surface area contributed by atoms with Crippen LogP contribution in [0.15, 0.2) is 47.5 Å². The molecule has 7 nitrogen and oxygen atoms in total. The van der Waals surface area contributed by atoms with Gasteiger partial charge in [-0.15, -0.1) is 0 Å². The third-order valence-corrected chi connectivity index (χ3v) is 5.29. The van der Waals surface area contributed by atoms with Crippen LogP contribution in [0.25, 0.3) is 0 Å². The van der Waals surface area contributed by atoms with Gasteiger partial charge in [-0.2, -0.15) is 0 Å². The number of benzene rings is 2. The number of phenols is 1. The quantitative estimate of drug-likeness (QED) is 0.538. The van der Waals surface area contributed by atoms with E-state index in [1.54, 1.807) is 20.3 Å². The molecule has 2 N–H and O–H groups in total. The van der Waals surface area contributed by atoms with Crippen LogP contribution in [-0.2, 0) is 6.42 Å². The fourth-order valence-corrected chi connectivity index (χ4v) is 3.56. The Bertz CT molecular complexity index is 831. The maximum Gasteiger partial charge on any atom is 0.194 e. The van der Waals surface area contributed by atoms with Gasteiger partial charge < -0.3 is 29.7 Å². The molecule has 2 aromatic rings. The molecule has 0 aromatic heterocycles. The summed E-state index contributed by atoms with van der Waals surface area (Å²) in [6.07, 6.45) is 0.677. The van der Waals surface area contributed by atoms with Crippen molar-refractivity contribution < 1.29 is 14.6 Å². The molecule has 1 aliphatic heterocycles. The average Bonchev–Trinajstić information content (AvgIpc) is 2.79. The zero-order chi connectivity index (χ0) is 21.3. The second kappa shape index (κ2) is 10.6. The van der Waals surface area contributed by atoms with E-state index >= 15 is 0 Å². The van der Waals surface area contributed by atoms with E-state index in [0.29, 0.717) is 18.7 Å². The van der Waals surface area contributed by atoms with Crippen LogP contribution in [0.3, 0.4) is 0 Å². The van der Waals surface area contributed by atoms with Gasteiger partial charge in [0.2, 0.25) is 0 Å². The van der Waals surface area contributed by atoms with Crippen molar-refractivity contribution in [3.8, 4) is 17.2 Å². The minimum atomic E-state index is 0.252. The molecule has 0 radical (unpaired) electrons. The van der Waals surface area contributed by atoms with Crippen molar-refractivity contribution in [1.29, 1.82) is 0 Å². The lowest BCUT2D eigenvalue weighted by Crippen LogP contribution is -2.52. The van der Waals surface area contributed by atoms with E-state index in [4.69, 9.17) is 14.5 Å². The second-order valence-electron chi connectivity index (χ2n) is 7.15. The molecular weight excluding hydrogens is 380 g/mol. The van der Waals surface area contributed by atoms with Crippen molar-refractivity contribution in [2.24, 2.45) is 4.99 Å². The highest BCUT2D eigenvalue weighted by Crippen LogP contribution is 2.24. The molecule has 2 aromatic carbocycles. The maximum absolute atomic E-state index is 10.1. The molecule has 1 saturated heterocycles. The van der Waals surface area contributed by atoms with Gasteiger partial charge in [0, 0.05) is 51.0 Å². The molecule has 1 heterocycles. The zero-order valence-corrected chi connectivity index (χ0v) is 18.1. The van der Waals surface area contributed by atoms with E-state index in [1.807, 2.05) is 24.3 Å². The smallest absolute Gasteiger partial charge is 0.194 e. The van der Waals surface area contributed by atoms with Gasteiger partial charge in [0.15, 0.2) is 5.96 Å². The fraction of sp³-hybridized carbons (Fsp3) is 0.435. The molecule has 30 heavy (non-hydrogen) atoms. The maximum atomic E-state index is 10.1. The summed E-state index contributed by atoms with van der Waals surface area (Å²) in [6, 6.07) is 13.6. The Morgan fingerprint density at radius 1 is 1.00 bits per heavy atom. The van der Waals surface area contributed by atoms with Gasteiger partial charge in [-0.3, -0.25) is 4.99 Å². The molecule has 7 heteroatoms. The summed E-state index contributed by atoms with van der Waals surface area (Å²) in [5.74, 6) is 2.72. The molecule has 0 aliphatic carbocycles. The van der Waals surface area contributed by atoms with E-state index in [2.05, 4.69) is 34.2 Å². The van der Waals surface area contributed by atoms with E-state index in [0.717, 1.165) is 50.0 Å². The number of phenolic OH excluding ortho intramolecular Hbond substituents is 1. The summed E-state index contributed by atoms with van der Waals surface area (Å²) >= 11 is 0. The third kappa shape index (κ3) is 5.49. The van der Waals surface area contributed by atoms with Gasteiger partial charge in [0.1, 0.15) is 17.2 Å². The lowest BCUT2D eigenvalue weighted by molar-refractivity contribution is 0.372. The minimum absolute atomic E-state index is 0.252. The van der Waals surface area contributed by atoms with Crippen LogP contribution in [0, 0.1) is 0 Å². The Hall–Kier alpha value is -3.09. The van der Waals surface area contributed by atoms with Gasteiger partial charge in [0.05, 0.1) is 14.2 Å². The van der Waals surface area contributed by atoms with Crippen LogP contribution in [0.5, 0.6) is 17.2 Å². The summed E-state index contributed by atoms with van der Waals surface area (Å²) in [5.41, 5.74) is 2.09. The van der Waals surface area contributed by atoms with E-state index in [-0.39, 0.29) is 5.75 Å². The summed E-state index contributed by atoms with van der Waals surface area (Å²) in [4.78, 5) is 9.48. The predicted molar refractivity (Wildman–Crippen MR) is 121 cm³/mol. The highest BCUT2D eigenvalue weighted by Gasteiger charge is 2.20. The SMILES string of the molecule is CCNC(=NCCc1ccc(OC)cc1O)N1CCN(c2ccc(OC)cc2)CC1. The largest absolute Gasteiger partial charge is 0.508 e. The van der Waals surface area contributed by atoms with Crippen LogP contribution >= 0.6 is 0 Å². The standard InChI is InChI=1S/C23H32N4O3/c1-4-24-23(25-12-11-18-5-8-21(30-3)17-22(18)28)27-15-13-26(14-16-27)19-6-9-20(29-2)10-7-19/h5-10,17,28H,4,11-16H2,1-3H3,(H,24,25). The lowest BCUT2D eigenvalue weighted by Gasteiger charge is -2.37. The first-order valence-corrected chi connectivity index (χ1v) is 10.4. The molecule has 0 saturated carbocycles. The molecule has 0 amide bonds. The zero-order valence-electron chi connectivity index (χ0n) is 18.1. The monoisotopic (exact) mass is 412 g/mol. The van der Waals surface area contributed by atoms with Crippen LogP contribution in [0.4, 0.5) is 5.69 Å². The van der Waals surface area contributed by atoms with Crippen LogP contribution in [-0.4, -0.2) is 69.5 Å². The summed E-state index contributed by atoms with van der Waals surface area (Å²) in [5, 5.41) is 13.5. The van der Waals surface area contributed by atoms with Gasteiger partial charge in [0.25, 0.3) is 0 Å². The molecular formula is C23H32N4O3. The lowest BCUT2D eigenvalue weighted by atomic mass is 10.1. The third-order valence-electron chi connectivity index (χ3n) is 5.29. The van der Waals surface area contributed by atoms with Crippen molar-refractivity contribution in [2.45, 2.75) is 13.3 Å². The Morgan fingerprint density at radius 3 is 2.27 bits per heavy atom. The van der Waals surface area contributed by atoms with Gasteiger partial charge in [-0.1, -0.05) is 6.07 Å². The second-order valence-corrected chi connectivity index (χ2v) is 7.15. The number of piperazine rings is 1. The van der Waals surface area contributed by atoms with Crippen molar-refractivity contribution in [3.63, 3.8) is 0 Å². The molecule has 0 spiro atoms. The Kier molecular flexibility index (Phi) is 7.65. The number of nitrogens with zero attached hydrogens (tertiary/aromatic N) is 3. The summed E-state index contributed by atoms with van der Waals surface area (Å²) in [6.45, 7) is 7.22. The Morgan fingerprint density at radius 2 is 1.67 bits per heavy atom. The highest BCUT2D eigenvalue weighted by atomic mass is 16.5. The van der Waals surface area contributed by atoms with Gasteiger partial charge in [-0.05, 0) is 49.2 Å². The van der Waals surface area contributed by atoms with Gasteiger partial charge >= 0.3 is 0 Å². The number of guanidine groups is 1. The topological polar surface area (TPSA) is 69.6 Å². The van der Waals surface area contributed by atoms with Crippen molar-refractivity contribution >= 4 is 11.6 Å². The first-order valence-electron chi connectivity index (χ1n) is 10.4.